The van der Waals surface area contributed by atoms with E-state index in [1.807, 2.05) is 20.4 Å². The van der Waals surface area contributed by atoms with Crippen LogP contribution in [0.5, 0.6) is 0 Å². The number of hydrogen-bond acceptors (Lipinski definition) is 4. The summed E-state index contributed by atoms with van der Waals surface area (Å²) >= 11 is 0. The Labute approximate surface area is 122 Å². The summed E-state index contributed by atoms with van der Waals surface area (Å²) in [6.45, 7) is 7.81. The molecule has 0 saturated heterocycles. The molecule has 0 fully saturated rings. The molecule has 0 aromatic heterocycles. The van der Waals surface area contributed by atoms with Crippen molar-refractivity contribution in [2.45, 2.75) is 52.1 Å². The molecule has 0 aromatic rings. The topological polar surface area (TPSA) is 84.9 Å². The molecule has 0 saturated carbocycles. The smallest absolute Gasteiger partial charge is 0.334 e. The first kappa shape index (κ1) is 19.1. The highest BCUT2D eigenvalue weighted by Crippen LogP contribution is 2.15. The molecule has 6 nitrogen and oxygen atoms in total. The van der Waals surface area contributed by atoms with Crippen LogP contribution in [0.1, 0.15) is 39.5 Å². The molecule has 0 rings (SSSR count). The third-order valence-electron chi connectivity index (χ3n) is 2.82. The summed E-state index contributed by atoms with van der Waals surface area (Å²) in [7, 11) is -2.09. The van der Waals surface area contributed by atoms with Gasteiger partial charge in [-0.3, -0.25) is 9.59 Å². The van der Waals surface area contributed by atoms with Crippen LogP contribution in [0.25, 0.3) is 0 Å². The standard InChI is InChI=1S/C13H27NO5Si/c1-4-18-20(3,19-5-2)11-7-10-14-12(15)8-6-9-13(16)17/h4-11H2,1-3H3,(H,14,15)(H,16,17). The van der Waals surface area contributed by atoms with Gasteiger partial charge in [0.25, 0.3) is 0 Å². The van der Waals surface area contributed by atoms with Gasteiger partial charge in [0.1, 0.15) is 0 Å². The first-order valence-electron chi connectivity index (χ1n) is 7.20. The zero-order valence-corrected chi connectivity index (χ0v) is 13.7. The Morgan fingerprint density at radius 3 is 2.20 bits per heavy atom. The number of carbonyl (C=O) groups is 2. The number of nitrogens with one attached hydrogen (secondary N) is 1. The fourth-order valence-electron chi connectivity index (χ4n) is 1.92. The Bertz CT molecular complexity index is 292. The fraction of sp³-hybridized carbons (Fsp3) is 0.846. The number of carboxylic acids is 1. The van der Waals surface area contributed by atoms with E-state index in [4.69, 9.17) is 14.0 Å². The normalized spacial score (nSPS) is 11.3. The van der Waals surface area contributed by atoms with Crippen LogP contribution in [-0.4, -0.2) is 45.3 Å². The van der Waals surface area contributed by atoms with Crippen LogP contribution >= 0.6 is 0 Å². The summed E-state index contributed by atoms with van der Waals surface area (Å²) in [6.07, 6.45) is 1.49. The van der Waals surface area contributed by atoms with Crippen LogP contribution in [0, 0.1) is 0 Å². The van der Waals surface area contributed by atoms with Crippen molar-refractivity contribution in [2.75, 3.05) is 19.8 Å². The molecule has 118 valence electrons. The predicted molar refractivity (Wildman–Crippen MR) is 78.8 cm³/mol. The molecule has 0 radical (unpaired) electrons. The van der Waals surface area contributed by atoms with Crippen molar-refractivity contribution in [1.82, 2.24) is 5.32 Å². The predicted octanol–water partition coefficient (Wildman–Crippen LogP) is 1.89. The monoisotopic (exact) mass is 305 g/mol. The van der Waals surface area contributed by atoms with E-state index in [1.165, 1.54) is 0 Å². The van der Waals surface area contributed by atoms with Crippen molar-refractivity contribution in [3.8, 4) is 0 Å². The molecule has 1 amide bonds. The summed E-state index contributed by atoms with van der Waals surface area (Å²) in [5.41, 5.74) is 0. The van der Waals surface area contributed by atoms with Crippen molar-refractivity contribution in [3.63, 3.8) is 0 Å². The molecule has 0 bridgehead atoms. The Kier molecular flexibility index (Phi) is 10.3. The van der Waals surface area contributed by atoms with Gasteiger partial charge in [0.15, 0.2) is 0 Å². The van der Waals surface area contributed by atoms with Crippen molar-refractivity contribution in [3.05, 3.63) is 0 Å². The van der Waals surface area contributed by atoms with E-state index in [0.717, 1.165) is 12.5 Å². The van der Waals surface area contributed by atoms with Gasteiger partial charge in [0.2, 0.25) is 5.91 Å². The van der Waals surface area contributed by atoms with E-state index in [9.17, 15) is 9.59 Å². The van der Waals surface area contributed by atoms with Gasteiger partial charge >= 0.3 is 14.5 Å². The van der Waals surface area contributed by atoms with Gasteiger partial charge in [-0.05, 0) is 39.3 Å². The van der Waals surface area contributed by atoms with Crippen LogP contribution in [0.2, 0.25) is 12.6 Å². The lowest BCUT2D eigenvalue weighted by Gasteiger charge is -2.25. The summed E-state index contributed by atoms with van der Waals surface area (Å²) in [5, 5.41) is 11.3. The number of carbonyl (C=O) groups excluding carboxylic acids is 1. The molecule has 0 aromatic carbocycles. The van der Waals surface area contributed by atoms with Gasteiger partial charge in [-0.2, -0.15) is 0 Å². The average Bonchev–Trinajstić information content (AvgIpc) is 2.35. The summed E-state index contributed by atoms with van der Waals surface area (Å²) < 4.78 is 11.4. The van der Waals surface area contributed by atoms with Gasteiger partial charge in [0.05, 0.1) is 0 Å². The zero-order valence-electron chi connectivity index (χ0n) is 12.7. The molecule has 0 aliphatic rings. The van der Waals surface area contributed by atoms with Crippen LogP contribution in [0.15, 0.2) is 0 Å². The van der Waals surface area contributed by atoms with E-state index in [1.54, 1.807) is 0 Å². The minimum absolute atomic E-state index is 0.0348. The zero-order chi connectivity index (χ0) is 15.4. The van der Waals surface area contributed by atoms with Crippen molar-refractivity contribution in [1.29, 1.82) is 0 Å². The number of amides is 1. The molecular weight excluding hydrogens is 278 g/mol. The molecule has 0 spiro atoms. The molecule has 0 aliphatic carbocycles. The maximum atomic E-state index is 11.4. The molecule has 0 aliphatic heterocycles. The van der Waals surface area contributed by atoms with E-state index < -0.39 is 14.5 Å². The minimum atomic E-state index is -2.09. The Balaban J connectivity index is 3.76. The van der Waals surface area contributed by atoms with Gasteiger partial charge < -0.3 is 19.3 Å². The number of carboxylic acid groups (broad SMARTS) is 1. The minimum Gasteiger partial charge on any atom is -0.481 e. The van der Waals surface area contributed by atoms with Gasteiger partial charge in [-0.1, -0.05) is 0 Å². The van der Waals surface area contributed by atoms with Gasteiger partial charge in [-0.25, -0.2) is 0 Å². The highest BCUT2D eigenvalue weighted by Gasteiger charge is 2.29. The molecule has 0 unspecified atom stereocenters. The molecule has 7 heteroatoms. The average molecular weight is 305 g/mol. The highest BCUT2D eigenvalue weighted by atomic mass is 28.4. The van der Waals surface area contributed by atoms with E-state index >= 15 is 0 Å². The largest absolute Gasteiger partial charge is 0.481 e. The second kappa shape index (κ2) is 10.8. The van der Waals surface area contributed by atoms with Crippen LogP contribution in [0.3, 0.4) is 0 Å². The molecule has 0 heterocycles. The maximum Gasteiger partial charge on any atom is 0.334 e. The summed E-state index contributed by atoms with van der Waals surface area (Å²) in [4.78, 5) is 21.8. The Morgan fingerprint density at radius 2 is 1.70 bits per heavy atom. The van der Waals surface area contributed by atoms with Crippen molar-refractivity contribution in [2.24, 2.45) is 0 Å². The van der Waals surface area contributed by atoms with Gasteiger partial charge in [0, 0.05) is 32.6 Å². The van der Waals surface area contributed by atoms with Crippen LogP contribution < -0.4 is 5.32 Å². The first-order valence-corrected chi connectivity index (χ1v) is 9.72. The van der Waals surface area contributed by atoms with Crippen LogP contribution in [-0.2, 0) is 18.4 Å². The third kappa shape index (κ3) is 9.94. The van der Waals surface area contributed by atoms with Crippen LogP contribution in [0.4, 0.5) is 0 Å². The quantitative estimate of drug-likeness (QED) is 0.425. The van der Waals surface area contributed by atoms with Crippen molar-refractivity contribution >= 4 is 20.4 Å². The summed E-state index contributed by atoms with van der Waals surface area (Å²) in [6, 6.07) is 0.837. The molecular formula is C13H27NO5Si. The number of aliphatic carboxylic acids is 1. The van der Waals surface area contributed by atoms with E-state index in [0.29, 0.717) is 26.2 Å². The fourth-order valence-corrected chi connectivity index (χ4v) is 4.33. The molecule has 2 N–H and O–H groups in total. The SMILES string of the molecule is CCO[Si](C)(CCCNC(=O)CCCC(=O)O)OCC. The van der Waals surface area contributed by atoms with Crippen molar-refractivity contribution < 1.29 is 23.5 Å². The Morgan fingerprint density at radius 1 is 1.10 bits per heavy atom. The lowest BCUT2D eigenvalue weighted by molar-refractivity contribution is -0.137. The second-order valence-corrected chi connectivity index (χ2v) is 8.05. The maximum absolute atomic E-state index is 11.4. The lowest BCUT2D eigenvalue weighted by atomic mass is 10.2. The number of hydrogen-bond donors (Lipinski definition) is 2. The number of rotatable bonds is 12. The third-order valence-corrected chi connectivity index (χ3v) is 5.88. The summed E-state index contributed by atoms with van der Waals surface area (Å²) in [5.74, 6) is -0.963. The second-order valence-electron chi connectivity index (χ2n) is 4.70. The van der Waals surface area contributed by atoms with E-state index in [2.05, 4.69) is 5.32 Å². The first-order chi connectivity index (χ1) is 9.43. The highest BCUT2D eigenvalue weighted by molar-refractivity contribution is 6.66. The molecule has 20 heavy (non-hydrogen) atoms. The van der Waals surface area contributed by atoms with Gasteiger partial charge in [-0.15, -0.1) is 0 Å². The lowest BCUT2D eigenvalue weighted by Crippen LogP contribution is -2.39. The Hall–Kier alpha value is -0.923. The molecule has 0 atom stereocenters. The van der Waals surface area contributed by atoms with E-state index in [-0.39, 0.29) is 18.7 Å².